The number of anilines is 1. The van der Waals surface area contributed by atoms with Crippen LogP contribution in [0.2, 0.25) is 0 Å². The van der Waals surface area contributed by atoms with E-state index in [0.717, 1.165) is 48.4 Å². The zero-order valence-electron chi connectivity index (χ0n) is 19.4. The second-order valence-corrected chi connectivity index (χ2v) is 9.62. The van der Waals surface area contributed by atoms with Gasteiger partial charge in [0.2, 0.25) is 5.91 Å². The molecule has 2 aliphatic heterocycles. The Labute approximate surface area is 199 Å². The van der Waals surface area contributed by atoms with Crippen molar-refractivity contribution in [1.82, 2.24) is 19.3 Å². The highest BCUT2D eigenvalue weighted by Gasteiger charge is 2.38. The number of nitrogens with zero attached hydrogens (tertiary/aromatic N) is 4. The van der Waals surface area contributed by atoms with Crippen molar-refractivity contribution in [2.75, 3.05) is 12.3 Å². The third kappa shape index (κ3) is 3.45. The van der Waals surface area contributed by atoms with E-state index in [9.17, 15) is 4.79 Å². The maximum Gasteiger partial charge on any atom is 0.222 e. The highest BCUT2D eigenvalue weighted by Crippen LogP contribution is 2.38. The second-order valence-electron chi connectivity index (χ2n) is 9.62. The summed E-state index contributed by atoms with van der Waals surface area (Å²) < 4.78 is 2.09. The van der Waals surface area contributed by atoms with E-state index < -0.39 is 0 Å². The fourth-order valence-corrected chi connectivity index (χ4v) is 5.72. The molecule has 0 radical (unpaired) electrons. The Morgan fingerprint density at radius 1 is 1.00 bits per heavy atom. The zero-order chi connectivity index (χ0) is 23.2. The first kappa shape index (κ1) is 20.9. The van der Waals surface area contributed by atoms with Crippen LogP contribution < -0.4 is 5.73 Å². The fraction of sp³-hybridized carbons (Fsp3) is 0.321. The van der Waals surface area contributed by atoms with Crippen LogP contribution in [0.25, 0.3) is 16.8 Å². The minimum Gasteiger partial charge on any atom is -0.382 e. The Balaban J connectivity index is 1.37. The molecule has 6 rings (SSSR count). The number of piperidine rings is 1. The average Bonchev–Trinajstić information content (AvgIpc) is 3.46. The van der Waals surface area contributed by atoms with Crippen molar-refractivity contribution in [3.05, 3.63) is 83.9 Å². The van der Waals surface area contributed by atoms with E-state index in [1.807, 2.05) is 12.3 Å². The molecule has 1 amide bonds. The van der Waals surface area contributed by atoms with Gasteiger partial charge in [-0.2, -0.15) is 0 Å². The number of amides is 1. The molecule has 6 nitrogen and oxygen atoms in total. The van der Waals surface area contributed by atoms with Gasteiger partial charge in [-0.25, -0.2) is 9.97 Å². The Kier molecular flexibility index (Phi) is 5.09. The molecule has 2 saturated heterocycles. The molecule has 0 saturated carbocycles. The number of nitrogens with two attached hydrogens (primary N) is 1. The highest BCUT2D eigenvalue weighted by atomic mass is 16.2. The molecule has 34 heavy (non-hydrogen) atoms. The molecule has 4 heterocycles. The molecule has 172 valence electrons. The van der Waals surface area contributed by atoms with E-state index in [0.29, 0.717) is 24.2 Å². The van der Waals surface area contributed by atoms with Crippen LogP contribution in [0.15, 0.2) is 67.0 Å². The van der Waals surface area contributed by atoms with Crippen molar-refractivity contribution in [2.24, 2.45) is 0 Å². The Morgan fingerprint density at radius 2 is 1.76 bits per heavy atom. The number of benzene rings is 2. The summed E-state index contributed by atoms with van der Waals surface area (Å²) in [6.45, 7) is 2.96. The number of hydrogen-bond acceptors (Lipinski definition) is 4. The van der Waals surface area contributed by atoms with Crippen LogP contribution in [0, 0.1) is 0 Å². The Hall–Kier alpha value is -3.67. The predicted molar refractivity (Wildman–Crippen MR) is 134 cm³/mol. The third-order valence-corrected chi connectivity index (χ3v) is 7.68. The number of carbonyl (C=O) groups is 1. The average molecular weight is 452 g/mol. The summed E-state index contributed by atoms with van der Waals surface area (Å²) >= 11 is 0. The lowest BCUT2D eigenvalue weighted by Crippen LogP contribution is -2.41. The van der Waals surface area contributed by atoms with Crippen molar-refractivity contribution < 1.29 is 4.79 Å². The maximum atomic E-state index is 12.4. The topological polar surface area (TPSA) is 76.5 Å². The number of aromatic nitrogens is 3. The van der Waals surface area contributed by atoms with Crippen LogP contribution in [0.3, 0.4) is 0 Å². The first-order valence-electron chi connectivity index (χ1n) is 12.2. The van der Waals surface area contributed by atoms with Crippen LogP contribution in [-0.4, -0.2) is 37.8 Å². The van der Waals surface area contributed by atoms with Crippen LogP contribution in [-0.2, 0) is 4.79 Å². The largest absolute Gasteiger partial charge is 0.382 e. The third-order valence-electron chi connectivity index (χ3n) is 7.68. The molecular weight excluding hydrogens is 422 g/mol. The van der Waals surface area contributed by atoms with Gasteiger partial charge in [0.15, 0.2) is 0 Å². The SMILES string of the molecule is C[C@H](c1ccccc1)c1ccc(-c2nc([C@@H]3CC[C@H]4CCC(=O)N4C3)n3ccnc(N)c23)cc1. The van der Waals surface area contributed by atoms with Crippen LogP contribution in [0.4, 0.5) is 5.82 Å². The van der Waals surface area contributed by atoms with Gasteiger partial charge in [0, 0.05) is 48.8 Å². The van der Waals surface area contributed by atoms with Gasteiger partial charge < -0.3 is 10.6 Å². The van der Waals surface area contributed by atoms with E-state index in [1.54, 1.807) is 6.20 Å². The number of nitrogen functional groups attached to an aromatic ring is 1. The van der Waals surface area contributed by atoms with Crippen molar-refractivity contribution in [1.29, 1.82) is 0 Å². The number of carbonyl (C=O) groups excluding carboxylic acids is 1. The van der Waals surface area contributed by atoms with E-state index in [4.69, 9.17) is 10.7 Å². The number of fused-ring (bicyclic) bond motifs is 2. The lowest BCUT2D eigenvalue weighted by Gasteiger charge is -2.34. The van der Waals surface area contributed by atoms with Gasteiger partial charge in [-0.3, -0.25) is 9.20 Å². The summed E-state index contributed by atoms with van der Waals surface area (Å²) in [5, 5.41) is 0. The molecule has 0 bridgehead atoms. The van der Waals surface area contributed by atoms with E-state index in [-0.39, 0.29) is 11.8 Å². The van der Waals surface area contributed by atoms with Gasteiger partial charge in [0.25, 0.3) is 0 Å². The lowest BCUT2D eigenvalue weighted by molar-refractivity contribution is -0.130. The van der Waals surface area contributed by atoms with Crippen molar-refractivity contribution in [2.45, 2.75) is 50.5 Å². The predicted octanol–water partition coefficient (Wildman–Crippen LogP) is 5.00. The summed E-state index contributed by atoms with van der Waals surface area (Å²) in [4.78, 5) is 23.9. The van der Waals surface area contributed by atoms with E-state index in [2.05, 4.69) is 69.7 Å². The van der Waals surface area contributed by atoms with Crippen molar-refractivity contribution in [3.8, 4) is 11.3 Å². The highest BCUT2D eigenvalue weighted by molar-refractivity contribution is 5.85. The normalized spacial score (nSPS) is 21.1. The summed E-state index contributed by atoms with van der Waals surface area (Å²) in [7, 11) is 0. The first-order chi connectivity index (χ1) is 16.6. The lowest BCUT2D eigenvalue weighted by atomic mass is 9.92. The molecule has 2 fully saturated rings. The van der Waals surface area contributed by atoms with Crippen LogP contribution in [0.5, 0.6) is 0 Å². The first-order valence-corrected chi connectivity index (χ1v) is 12.2. The molecule has 2 aromatic heterocycles. The summed E-state index contributed by atoms with van der Waals surface area (Å²) in [5.41, 5.74) is 11.6. The maximum absolute atomic E-state index is 12.4. The molecule has 6 heteroatoms. The van der Waals surface area contributed by atoms with Gasteiger partial charge in [0.05, 0.1) is 0 Å². The minimum absolute atomic E-state index is 0.193. The quantitative estimate of drug-likeness (QED) is 0.474. The standard InChI is InChI=1S/C28H29N5O/c1-18(19-5-3-2-4-6-19)20-7-9-21(10-8-20)25-26-27(29)30-15-16-32(26)28(31-25)22-11-12-23-13-14-24(34)33(23)17-22/h2-10,15-16,18,22-23H,11-14,17H2,1H3,(H2,29,30)/t18-,22-,23+/m1/s1. The van der Waals surface area contributed by atoms with E-state index in [1.165, 1.54) is 11.1 Å². The molecule has 0 spiro atoms. The molecule has 2 N–H and O–H groups in total. The van der Waals surface area contributed by atoms with Crippen LogP contribution in [0.1, 0.15) is 61.4 Å². The number of hydrogen-bond donors (Lipinski definition) is 1. The van der Waals surface area contributed by atoms with Gasteiger partial charge >= 0.3 is 0 Å². The Morgan fingerprint density at radius 3 is 2.56 bits per heavy atom. The van der Waals surface area contributed by atoms with Crippen LogP contribution >= 0.6 is 0 Å². The molecular formula is C28H29N5O. The summed E-state index contributed by atoms with van der Waals surface area (Å²) in [6, 6.07) is 19.6. The molecule has 2 aliphatic rings. The fourth-order valence-electron chi connectivity index (χ4n) is 5.72. The van der Waals surface area contributed by atoms with Gasteiger partial charge in [0.1, 0.15) is 22.9 Å². The molecule has 0 aliphatic carbocycles. The van der Waals surface area contributed by atoms with E-state index >= 15 is 0 Å². The number of rotatable bonds is 4. The van der Waals surface area contributed by atoms with Gasteiger partial charge in [-0.15, -0.1) is 0 Å². The molecule has 4 aromatic rings. The summed E-state index contributed by atoms with van der Waals surface area (Å²) in [5.74, 6) is 2.23. The van der Waals surface area contributed by atoms with Crippen molar-refractivity contribution in [3.63, 3.8) is 0 Å². The van der Waals surface area contributed by atoms with Crippen molar-refractivity contribution >= 4 is 17.2 Å². The smallest absolute Gasteiger partial charge is 0.222 e. The Bertz CT molecular complexity index is 1340. The molecule has 0 unspecified atom stereocenters. The monoisotopic (exact) mass is 451 g/mol. The molecule has 2 aromatic carbocycles. The second kappa shape index (κ2) is 8.28. The summed E-state index contributed by atoms with van der Waals surface area (Å²) in [6.07, 6.45) is 7.41. The minimum atomic E-state index is 0.193. The molecule has 3 atom stereocenters. The number of imidazole rings is 1. The van der Waals surface area contributed by atoms with Gasteiger partial charge in [-0.05, 0) is 30.4 Å². The van der Waals surface area contributed by atoms with Gasteiger partial charge in [-0.1, -0.05) is 61.5 Å². The zero-order valence-corrected chi connectivity index (χ0v) is 19.4.